The van der Waals surface area contributed by atoms with Crippen molar-refractivity contribution in [3.05, 3.63) is 35.5 Å². The molecule has 1 aliphatic heterocycles. The second-order valence-corrected chi connectivity index (χ2v) is 6.38. The largest absolute Gasteiger partial charge is 0.371 e. The zero-order valence-corrected chi connectivity index (χ0v) is 12.3. The number of hydrogen-bond donors (Lipinski definition) is 0. The third-order valence-corrected chi connectivity index (χ3v) is 4.60. The highest BCUT2D eigenvalue weighted by molar-refractivity contribution is 9.09. The predicted octanol–water partition coefficient (Wildman–Crippen LogP) is 4.25. The van der Waals surface area contributed by atoms with Crippen molar-refractivity contribution in [1.82, 2.24) is 4.98 Å². The molecular formula is C14H14BrClN2. The lowest BCUT2D eigenvalue weighted by Gasteiger charge is -2.32. The molecule has 0 N–H and O–H groups in total. The number of halogens is 2. The Hall–Kier alpha value is -0.800. The first-order valence-corrected chi connectivity index (χ1v) is 7.47. The smallest absolute Gasteiger partial charge is 0.0737 e. The first-order valence-electron chi connectivity index (χ1n) is 6.17. The number of hydrogen-bond acceptors (Lipinski definition) is 2. The van der Waals surface area contributed by atoms with Crippen LogP contribution in [0.1, 0.15) is 12.8 Å². The number of pyridine rings is 1. The van der Waals surface area contributed by atoms with E-state index in [0.717, 1.165) is 23.6 Å². The van der Waals surface area contributed by atoms with Crippen LogP contribution in [-0.4, -0.2) is 22.9 Å². The summed E-state index contributed by atoms with van der Waals surface area (Å²) in [4.78, 5) is 7.50. The van der Waals surface area contributed by atoms with Gasteiger partial charge in [0, 0.05) is 40.2 Å². The highest BCUT2D eigenvalue weighted by Gasteiger charge is 2.18. The summed E-state index contributed by atoms with van der Waals surface area (Å²) in [6.07, 6.45) is 4.25. The minimum Gasteiger partial charge on any atom is -0.371 e. The van der Waals surface area contributed by atoms with Gasteiger partial charge in [0.05, 0.1) is 5.52 Å². The maximum absolute atomic E-state index is 6.02. The molecule has 2 nitrogen and oxygen atoms in total. The molecule has 3 rings (SSSR count). The molecule has 0 unspecified atom stereocenters. The van der Waals surface area contributed by atoms with Crippen molar-refractivity contribution in [3.63, 3.8) is 0 Å². The second kappa shape index (κ2) is 5.06. The predicted molar refractivity (Wildman–Crippen MR) is 80.9 cm³/mol. The number of anilines is 1. The summed E-state index contributed by atoms with van der Waals surface area (Å²) in [7, 11) is 0. The van der Waals surface area contributed by atoms with Gasteiger partial charge >= 0.3 is 0 Å². The minimum atomic E-state index is 0.663. The Balaban J connectivity index is 2.01. The molecule has 0 saturated carbocycles. The number of rotatable bonds is 1. The van der Waals surface area contributed by atoms with Crippen LogP contribution in [0.2, 0.25) is 5.02 Å². The number of fused-ring (bicyclic) bond motifs is 1. The van der Waals surface area contributed by atoms with Crippen LogP contribution in [0.4, 0.5) is 5.69 Å². The van der Waals surface area contributed by atoms with E-state index in [9.17, 15) is 0 Å². The van der Waals surface area contributed by atoms with E-state index >= 15 is 0 Å². The van der Waals surface area contributed by atoms with Crippen LogP contribution in [0.5, 0.6) is 0 Å². The van der Waals surface area contributed by atoms with E-state index in [1.54, 1.807) is 0 Å². The molecule has 0 aliphatic carbocycles. The standard InChI is InChI=1S/C14H14BrClN2/c15-10-4-7-18(8-5-10)14-3-6-17-13-9-11(16)1-2-12(13)14/h1-3,6,9-10H,4-5,7-8H2. The molecular weight excluding hydrogens is 312 g/mol. The first kappa shape index (κ1) is 12.2. The number of alkyl halides is 1. The van der Waals surface area contributed by atoms with E-state index in [4.69, 9.17) is 11.6 Å². The molecule has 94 valence electrons. The van der Waals surface area contributed by atoms with Gasteiger partial charge < -0.3 is 4.90 Å². The van der Waals surface area contributed by atoms with Crippen LogP contribution in [0.25, 0.3) is 10.9 Å². The summed E-state index contributed by atoms with van der Waals surface area (Å²) < 4.78 is 0. The van der Waals surface area contributed by atoms with Gasteiger partial charge in [-0.2, -0.15) is 0 Å². The average Bonchev–Trinajstić information content (AvgIpc) is 2.38. The zero-order chi connectivity index (χ0) is 12.5. The molecule has 2 aromatic rings. The molecule has 0 atom stereocenters. The van der Waals surface area contributed by atoms with Crippen LogP contribution in [0.3, 0.4) is 0 Å². The van der Waals surface area contributed by atoms with Crippen LogP contribution in [0, 0.1) is 0 Å². The lowest BCUT2D eigenvalue weighted by molar-refractivity contribution is 0.598. The normalized spacial score (nSPS) is 17.3. The quantitative estimate of drug-likeness (QED) is 0.729. The maximum Gasteiger partial charge on any atom is 0.0737 e. The fraction of sp³-hybridized carbons (Fsp3) is 0.357. The molecule has 0 amide bonds. The molecule has 0 bridgehead atoms. The Morgan fingerprint density at radius 2 is 2.00 bits per heavy atom. The van der Waals surface area contributed by atoms with E-state index < -0.39 is 0 Å². The summed E-state index contributed by atoms with van der Waals surface area (Å²) in [5.74, 6) is 0. The van der Waals surface area contributed by atoms with Gasteiger partial charge in [0.15, 0.2) is 0 Å². The van der Waals surface area contributed by atoms with Crippen molar-refractivity contribution in [2.45, 2.75) is 17.7 Å². The van der Waals surface area contributed by atoms with Gasteiger partial charge in [-0.05, 0) is 37.1 Å². The van der Waals surface area contributed by atoms with Gasteiger partial charge in [-0.3, -0.25) is 4.98 Å². The van der Waals surface area contributed by atoms with Crippen molar-refractivity contribution in [2.75, 3.05) is 18.0 Å². The van der Waals surface area contributed by atoms with Crippen molar-refractivity contribution in [3.8, 4) is 0 Å². The molecule has 4 heteroatoms. The van der Waals surface area contributed by atoms with Crippen LogP contribution in [-0.2, 0) is 0 Å². The maximum atomic E-state index is 6.02. The Labute approximate surface area is 120 Å². The zero-order valence-electron chi connectivity index (χ0n) is 9.94. The number of benzene rings is 1. The lowest BCUT2D eigenvalue weighted by atomic mass is 10.1. The Bertz CT molecular complexity index is 565. The molecule has 18 heavy (non-hydrogen) atoms. The molecule has 2 heterocycles. The Morgan fingerprint density at radius 3 is 2.78 bits per heavy atom. The van der Waals surface area contributed by atoms with Gasteiger partial charge in [-0.15, -0.1) is 0 Å². The minimum absolute atomic E-state index is 0.663. The van der Waals surface area contributed by atoms with Crippen LogP contribution < -0.4 is 4.90 Å². The molecule has 1 saturated heterocycles. The summed E-state index contributed by atoms with van der Waals surface area (Å²) in [6.45, 7) is 2.19. The fourth-order valence-electron chi connectivity index (χ4n) is 2.47. The van der Waals surface area contributed by atoms with Crippen LogP contribution in [0.15, 0.2) is 30.5 Å². The molecule has 1 aromatic carbocycles. The SMILES string of the molecule is Clc1ccc2c(N3CCC(Br)CC3)ccnc2c1. The highest BCUT2D eigenvalue weighted by atomic mass is 79.9. The Morgan fingerprint density at radius 1 is 1.22 bits per heavy atom. The van der Waals surface area contributed by atoms with Gasteiger partial charge in [-0.25, -0.2) is 0 Å². The fourth-order valence-corrected chi connectivity index (χ4v) is 3.05. The van der Waals surface area contributed by atoms with Crippen molar-refractivity contribution in [1.29, 1.82) is 0 Å². The average molecular weight is 326 g/mol. The van der Waals surface area contributed by atoms with E-state index in [1.165, 1.54) is 23.9 Å². The lowest BCUT2D eigenvalue weighted by Crippen LogP contribution is -2.33. The summed E-state index contributed by atoms with van der Waals surface area (Å²) in [5.41, 5.74) is 2.25. The first-order chi connectivity index (χ1) is 8.74. The van der Waals surface area contributed by atoms with E-state index in [0.29, 0.717) is 4.83 Å². The topological polar surface area (TPSA) is 16.1 Å². The number of nitrogens with zero attached hydrogens (tertiary/aromatic N) is 2. The van der Waals surface area contributed by atoms with Gasteiger partial charge in [0.1, 0.15) is 0 Å². The van der Waals surface area contributed by atoms with Gasteiger partial charge in [0.25, 0.3) is 0 Å². The van der Waals surface area contributed by atoms with Crippen molar-refractivity contribution >= 4 is 44.1 Å². The monoisotopic (exact) mass is 324 g/mol. The molecule has 1 aromatic heterocycles. The summed E-state index contributed by atoms with van der Waals surface area (Å²) in [5, 5.41) is 1.93. The van der Waals surface area contributed by atoms with Gasteiger partial charge in [-0.1, -0.05) is 27.5 Å². The third kappa shape index (κ3) is 2.34. The second-order valence-electron chi connectivity index (χ2n) is 4.65. The molecule has 0 radical (unpaired) electrons. The number of piperidine rings is 1. The Kier molecular flexibility index (Phi) is 3.44. The van der Waals surface area contributed by atoms with Crippen LogP contribution >= 0.6 is 27.5 Å². The van der Waals surface area contributed by atoms with E-state index in [-0.39, 0.29) is 0 Å². The summed E-state index contributed by atoms with van der Waals surface area (Å²) >= 11 is 9.71. The van der Waals surface area contributed by atoms with Crippen molar-refractivity contribution in [2.24, 2.45) is 0 Å². The molecule has 1 aliphatic rings. The third-order valence-electron chi connectivity index (χ3n) is 3.45. The molecule has 1 fully saturated rings. The van der Waals surface area contributed by atoms with E-state index in [1.807, 2.05) is 18.3 Å². The van der Waals surface area contributed by atoms with Crippen molar-refractivity contribution < 1.29 is 0 Å². The highest BCUT2D eigenvalue weighted by Crippen LogP contribution is 2.30. The molecule has 0 spiro atoms. The number of aromatic nitrogens is 1. The summed E-state index contributed by atoms with van der Waals surface area (Å²) in [6, 6.07) is 8.04. The van der Waals surface area contributed by atoms with E-state index in [2.05, 4.69) is 37.9 Å². The van der Waals surface area contributed by atoms with Gasteiger partial charge in [0.2, 0.25) is 0 Å².